The molecular weight excluding hydrogens is 200 g/mol. The van der Waals surface area contributed by atoms with E-state index in [1.54, 1.807) is 0 Å². The summed E-state index contributed by atoms with van der Waals surface area (Å²) in [6.07, 6.45) is 1.44. The molecule has 1 aliphatic rings. The van der Waals surface area contributed by atoms with Crippen LogP contribution >= 0.6 is 0 Å². The van der Waals surface area contributed by atoms with Crippen LogP contribution in [-0.4, -0.2) is 25.9 Å². The molecule has 2 unspecified atom stereocenters. The minimum Gasteiger partial charge on any atom is -0.378 e. The monoisotopic (exact) mass is 220 g/mol. The first-order chi connectivity index (χ1) is 7.74. The van der Waals surface area contributed by atoms with Gasteiger partial charge in [0.1, 0.15) is 6.10 Å². The summed E-state index contributed by atoms with van der Waals surface area (Å²) in [5.41, 5.74) is 1.48. The number of hydrogen-bond acceptors (Lipinski definition) is 2. The van der Waals surface area contributed by atoms with Crippen molar-refractivity contribution in [2.45, 2.75) is 31.8 Å². The van der Waals surface area contributed by atoms with E-state index in [0.29, 0.717) is 6.10 Å². The third-order valence-corrected chi connectivity index (χ3v) is 3.38. The predicted octanol–water partition coefficient (Wildman–Crippen LogP) is 2.77. The van der Waals surface area contributed by atoms with Gasteiger partial charge in [-0.3, -0.25) is 0 Å². The van der Waals surface area contributed by atoms with Crippen LogP contribution in [0.1, 0.15) is 25.8 Å². The first-order valence-corrected chi connectivity index (χ1v) is 5.99. The number of ether oxygens (including phenoxy) is 2. The topological polar surface area (TPSA) is 21.8 Å². The van der Waals surface area contributed by atoms with Gasteiger partial charge in [0.05, 0.1) is 19.8 Å². The summed E-state index contributed by atoms with van der Waals surface area (Å²) >= 11 is 0. The van der Waals surface area contributed by atoms with Crippen LogP contribution < -0.4 is 0 Å². The number of rotatable bonds is 6. The molecular formula is C14H20O2. The van der Waals surface area contributed by atoms with E-state index in [0.717, 1.165) is 26.2 Å². The first kappa shape index (κ1) is 11.6. The van der Waals surface area contributed by atoms with Crippen molar-refractivity contribution in [2.24, 2.45) is 0 Å². The van der Waals surface area contributed by atoms with Gasteiger partial charge >= 0.3 is 0 Å². The lowest BCUT2D eigenvalue weighted by Gasteiger charge is -2.28. The van der Waals surface area contributed by atoms with E-state index >= 15 is 0 Å². The van der Waals surface area contributed by atoms with Gasteiger partial charge in [-0.05, 0) is 12.0 Å². The number of benzene rings is 1. The minimum absolute atomic E-state index is 0.121. The molecule has 1 aromatic carbocycles. The molecule has 0 radical (unpaired) electrons. The van der Waals surface area contributed by atoms with Crippen molar-refractivity contribution < 1.29 is 9.47 Å². The third-order valence-electron chi connectivity index (χ3n) is 3.38. The van der Waals surface area contributed by atoms with Crippen molar-refractivity contribution >= 4 is 0 Å². The third kappa shape index (κ3) is 2.83. The Morgan fingerprint density at radius 3 is 2.62 bits per heavy atom. The van der Waals surface area contributed by atoms with Crippen LogP contribution in [0.4, 0.5) is 0 Å². The molecule has 1 saturated heterocycles. The fraction of sp³-hybridized carbons (Fsp3) is 0.571. The molecule has 0 aliphatic carbocycles. The Morgan fingerprint density at radius 2 is 2.06 bits per heavy atom. The molecule has 16 heavy (non-hydrogen) atoms. The van der Waals surface area contributed by atoms with Crippen molar-refractivity contribution in [1.29, 1.82) is 0 Å². The molecule has 2 nitrogen and oxygen atoms in total. The second-order valence-electron chi connectivity index (χ2n) is 4.75. The second-order valence-corrected chi connectivity index (χ2v) is 4.75. The molecule has 1 aromatic rings. The molecule has 0 bridgehead atoms. The summed E-state index contributed by atoms with van der Waals surface area (Å²) in [5.74, 6) is 0. The summed E-state index contributed by atoms with van der Waals surface area (Å²) in [6, 6.07) is 10.6. The van der Waals surface area contributed by atoms with Crippen molar-refractivity contribution in [3.8, 4) is 0 Å². The normalized spacial score (nSPS) is 22.8. The van der Waals surface area contributed by atoms with E-state index in [2.05, 4.69) is 44.2 Å². The Bertz CT molecular complexity index is 319. The maximum atomic E-state index is 5.74. The van der Waals surface area contributed by atoms with Crippen LogP contribution in [0, 0.1) is 0 Å². The minimum atomic E-state index is 0.121. The molecule has 0 N–H and O–H groups in total. The molecule has 1 aliphatic heterocycles. The van der Waals surface area contributed by atoms with Gasteiger partial charge < -0.3 is 9.47 Å². The van der Waals surface area contributed by atoms with E-state index in [4.69, 9.17) is 9.47 Å². The quantitative estimate of drug-likeness (QED) is 0.688. The SMILES string of the molecule is CCC(C)(COCC1CO1)c1ccccc1. The summed E-state index contributed by atoms with van der Waals surface area (Å²) in [5, 5.41) is 0. The Morgan fingerprint density at radius 1 is 1.38 bits per heavy atom. The van der Waals surface area contributed by atoms with Gasteiger partial charge in [-0.1, -0.05) is 44.2 Å². The van der Waals surface area contributed by atoms with Crippen molar-refractivity contribution in [2.75, 3.05) is 19.8 Å². The van der Waals surface area contributed by atoms with Gasteiger partial charge in [0, 0.05) is 5.41 Å². The zero-order valence-corrected chi connectivity index (χ0v) is 10.1. The molecule has 2 heteroatoms. The predicted molar refractivity (Wildman–Crippen MR) is 64.6 cm³/mol. The van der Waals surface area contributed by atoms with Gasteiger partial charge in [-0.2, -0.15) is 0 Å². The van der Waals surface area contributed by atoms with Gasteiger partial charge in [0.2, 0.25) is 0 Å². The number of epoxide rings is 1. The van der Waals surface area contributed by atoms with Crippen LogP contribution in [0.25, 0.3) is 0 Å². The van der Waals surface area contributed by atoms with E-state index in [9.17, 15) is 0 Å². The van der Waals surface area contributed by atoms with Crippen LogP contribution in [0.3, 0.4) is 0 Å². The molecule has 2 rings (SSSR count). The second kappa shape index (κ2) is 4.98. The maximum Gasteiger partial charge on any atom is 0.104 e. The Hall–Kier alpha value is -0.860. The van der Waals surface area contributed by atoms with Crippen molar-refractivity contribution in [3.05, 3.63) is 35.9 Å². The highest BCUT2D eigenvalue weighted by Crippen LogP contribution is 2.28. The molecule has 2 atom stereocenters. The van der Waals surface area contributed by atoms with Crippen LogP contribution in [-0.2, 0) is 14.9 Å². The highest BCUT2D eigenvalue weighted by Gasteiger charge is 2.27. The van der Waals surface area contributed by atoms with Crippen molar-refractivity contribution in [1.82, 2.24) is 0 Å². The van der Waals surface area contributed by atoms with Gasteiger partial charge in [-0.25, -0.2) is 0 Å². The smallest absolute Gasteiger partial charge is 0.104 e. The highest BCUT2D eigenvalue weighted by atomic mass is 16.6. The molecule has 88 valence electrons. The molecule has 0 amide bonds. The summed E-state index contributed by atoms with van der Waals surface area (Å²) in [4.78, 5) is 0. The Balaban J connectivity index is 1.94. The van der Waals surface area contributed by atoms with E-state index in [1.165, 1.54) is 5.56 Å². The Kier molecular flexibility index (Phi) is 3.62. The fourth-order valence-electron chi connectivity index (χ4n) is 1.81. The standard InChI is InChI=1S/C14H20O2/c1-3-14(2,11-15-9-13-10-16-13)12-7-5-4-6-8-12/h4-8,13H,3,9-11H2,1-2H3. The average Bonchev–Trinajstić information content (AvgIpc) is 3.14. The summed E-state index contributed by atoms with van der Waals surface area (Å²) < 4.78 is 10.9. The summed E-state index contributed by atoms with van der Waals surface area (Å²) in [6.45, 7) is 6.85. The van der Waals surface area contributed by atoms with Crippen LogP contribution in [0.5, 0.6) is 0 Å². The highest BCUT2D eigenvalue weighted by molar-refractivity contribution is 5.24. The molecule has 0 aromatic heterocycles. The largest absolute Gasteiger partial charge is 0.378 e. The lowest BCUT2D eigenvalue weighted by atomic mass is 9.81. The zero-order chi connectivity index (χ0) is 11.4. The number of hydrogen-bond donors (Lipinski definition) is 0. The van der Waals surface area contributed by atoms with Crippen LogP contribution in [0.15, 0.2) is 30.3 Å². The zero-order valence-electron chi connectivity index (χ0n) is 10.1. The van der Waals surface area contributed by atoms with Gasteiger partial charge in [-0.15, -0.1) is 0 Å². The van der Waals surface area contributed by atoms with E-state index in [-0.39, 0.29) is 5.41 Å². The molecule has 0 saturated carbocycles. The van der Waals surface area contributed by atoms with E-state index < -0.39 is 0 Å². The summed E-state index contributed by atoms with van der Waals surface area (Å²) in [7, 11) is 0. The van der Waals surface area contributed by atoms with Crippen molar-refractivity contribution in [3.63, 3.8) is 0 Å². The Labute approximate surface area is 97.6 Å². The fourth-order valence-corrected chi connectivity index (χ4v) is 1.81. The lowest BCUT2D eigenvalue weighted by Crippen LogP contribution is -2.28. The van der Waals surface area contributed by atoms with Gasteiger partial charge in [0.25, 0.3) is 0 Å². The average molecular weight is 220 g/mol. The van der Waals surface area contributed by atoms with Crippen LogP contribution in [0.2, 0.25) is 0 Å². The first-order valence-electron chi connectivity index (χ1n) is 5.99. The van der Waals surface area contributed by atoms with E-state index in [1.807, 2.05) is 0 Å². The molecule has 0 spiro atoms. The lowest BCUT2D eigenvalue weighted by molar-refractivity contribution is 0.0747. The van der Waals surface area contributed by atoms with Gasteiger partial charge in [0.15, 0.2) is 0 Å². The molecule has 1 fully saturated rings. The molecule has 1 heterocycles. The maximum absolute atomic E-state index is 5.74.